The summed E-state index contributed by atoms with van der Waals surface area (Å²) in [6.07, 6.45) is 7.59. The monoisotopic (exact) mass is 312 g/mol. The number of hydrogen-bond acceptors (Lipinski definition) is 3. The molecule has 6 heteroatoms. The molecule has 0 heterocycles. The Kier molecular flexibility index (Phi) is 8.55. The maximum absolute atomic E-state index is 11.7. The van der Waals surface area contributed by atoms with E-state index in [2.05, 4.69) is 10.6 Å². The fourth-order valence-electron chi connectivity index (χ4n) is 2.86. The first kappa shape index (κ1) is 18.5. The molecule has 126 valence electrons. The number of carbonyl (C=O) groups is 3. The smallest absolute Gasteiger partial charge is 0.308 e. The van der Waals surface area contributed by atoms with Crippen LogP contribution in [0.5, 0.6) is 0 Å². The molecular formula is C16H28N2O4. The van der Waals surface area contributed by atoms with Crippen molar-refractivity contribution in [3.8, 4) is 0 Å². The van der Waals surface area contributed by atoms with Gasteiger partial charge in [0.15, 0.2) is 0 Å². The molecule has 1 aliphatic carbocycles. The summed E-state index contributed by atoms with van der Waals surface area (Å²) < 4.78 is 0. The first-order valence-electron chi connectivity index (χ1n) is 8.29. The van der Waals surface area contributed by atoms with Crippen molar-refractivity contribution in [3.05, 3.63) is 0 Å². The van der Waals surface area contributed by atoms with Gasteiger partial charge in [-0.25, -0.2) is 0 Å². The molecule has 1 saturated carbocycles. The summed E-state index contributed by atoms with van der Waals surface area (Å²) in [5.41, 5.74) is 0. The molecule has 1 fully saturated rings. The van der Waals surface area contributed by atoms with E-state index in [0.29, 0.717) is 18.8 Å². The minimum atomic E-state index is -0.900. The SMILES string of the molecule is CCCC(CNC(=O)CNC(=O)CCC1CCCC1)C(=O)O. The molecule has 1 rings (SSSR count). The van der Waals surface area contributed by atoms with E-state index < -0.39 is 11.9 Å². The number of amides is 2. The van der Waals surface area contributed by atoms with Crippen molar-refractivity contribution in [1.82, 2.24) is 10.6 Å². The standard InChI is InChI=1S/C16H28N2O4/c1-2-5-13(16(21)22)10-17-15(20)11-18-14(19)9-8-12-6-3-4-7-12/h12-13H,2-11H2,1H3,(H,17,20)(H,18,19)(H,21,22). The zero-order valence-electron chi connectivity index (χ0n) is 13.4. The fraction of sp³-hybridized carbons (Fsp3) is 0.812. The molecule has 22 heavy (non-hydrogen) atoms. The summed E-state index contributed by atoms with van der Waals surface area (Å²) in [4.78, 5) is 34.2. The van der Waals surface area contributed by atoms with Crippen molar-refractivity contribution in [3.63, 3.8) is 0 Å². The van der Waals surface area contributed by atoms with Gasteiger partial charge in [-0.15, -0.1) is 0 Å². The molecule has 2 amide bonds. The van der Waals surface area contributed by atoms with Crippen LogP contribution >= 0.6 is 0 Å². The molecule has 0 aromatic rings. The van der Waals surface area contributed by atoms with Gasteiger partial charge < -0.3 is 15.7 Å². The van der Waals surface area contributed by atoms with Gasteiger partial charge in [0, 0.05) is 13.0 Å². The van der Waals surface area contributed by atoms with Crippen molar-refractivity contribution in [2.75, 3.05) is 13.1 Å². The van der Waals surface area contributed by atoms with E-state index in [-0.39, 0.29) is 24.9 Å². The van der Waals surface area contributed by atoms with Gasteiger partial charge in [0.1, 0.15) is 0 Å². The Morgan fingerprint density at radius 2 is 1.82 bits per heavy atom. The zero-order chi connectivity index (χ0) is 16.4. The van der Waals surface area contributed by atoms with Crippen LogP contribution in [0.25, 0.3) is 0 Å². The first-order chi connectivity index (χ1) is 10.5. The van der Waals surface area contributed by atoms with Crippen LogP contribution in [0.2, 0.25) is 0 Å². The number of nitrogens with one attached hydrogen (secondary N) is 2. The highest BCUT2D eigenvalue weighted by Crippen LogP contribution is 2.28. The third kappa shape index (κ3) is 7.43. The van der Waals surface area contributed by atoms with E-state index in [0.717, 1.165) is 12.8 Å². The highest BCUT2D eigenvalue weighted by Gasteiger charge is 2.18. The predicted molar refractivity (Wildman–Crippen MR) is 83.2 cm³/mol. The van der Waals surface area contributed by atoms with E-state index in [1.165, 1.54) is 25.7 Å². The van der Waals surface area contributed by atoms with Gasteiger partial charge in [0.25, 0.3) is 0 Å². The molecule has 0 bridgehead atoms. The topological polar surface area (TPSA) is 95.5 Å². The van der Waals surface area contributed by atoms with Gasteiger partial charge in [0.05, 0.1) is 12.5 Å². The Morgan fingerprint density at radius 1 is 1.14 bits per heavy atom. The average molecular weight is 312 g/mol. The van der Waals surface area contributed by atoms with Crippen LogP contribution in [0.3, 0.4) is 0 Å². The lowest BCUT2D eigenvalue weighted by atomic mass is 10.0. The summed E-state index contributed by atoms with van der Waals surface area (Å²) >= 11 is 0. The average Bonchev–Trinajstić information content (AvgIpc) is 3.00. The van der Waals surface area contributed by atoms with Gasteiger partial charge in [0.2, 0.25) is 11.8 Å². The number of carbonyl (C=O) groups excluding carboxylic acids is 2. The van der Waals surface area contributed by atoms with Crippen LogP contribution < -0.4 is 10.6 Å². The molecule has 0 aromatic heterocycles. The van der Waals surface area contributed by atoms with E-state index in [1.54, 1.807) is 0 Å². The predicted octanol–water partition coefficient (Wildman–Crippen LogP) is 1.69. The second-order valence-electron chi connectivity index (χ2n) is 6.09. The molecular weight excluding hydrogens is 284 g/mol. The van der Waals surface area contributed by atoms with Crippen LogP contribution in [0.15, 0.2) is 0 Å². The van der Waals surface area contributed by atoms with Crippen LogP contribution in [-0.4, -0.2) is 36.0 Å². The third-order valence-corrected chi connectivity index (χ3v) is 4.23. The van der Waals surface area contributed by atoms with Crippen molar-refractivity contribution in [1.29, 1.82) is 0 Å². The van der Waals surface area contributed by atoms with Crippen molar-refractivity contribution in [2.24, 2.45) is 11.8 Å². The van der Waals surface area contributed by atoms with Crippen molar-refractivity contribution in [2.45, 2.75) is 58.3 Å². The zero-order valence-corrected chi connectivity index (χ0v) is 13.4. The number of carboxylic acid groups (broad SMARTS) is 1. The van der Waals surface area contributed by atoms with E-state index >= 15 is 0 Å². The highest BCUT2D eigenvalue weighted by molar-refractivity contribution is 5.84. The van der Waals surface area contributed by atoms with Gasteiger partial charge in [-0.05, 0) is 18.8 Å². The van der Waals surface area contributed by atoms with Crippen LogP contribution in [0.1, 0.15) is 58.3 Å². The van der Waals surface area contributed by atoms with Crippen LogP contribution in [-0.2, 0) is 14.4 Å². The largest absolute Gasteiger partial charge is 0.481 e. The minimum absolute atomic E-state index is 0.0814. The lowest BCUT2D eigenvalue weighted by Crippen LogP contribution is -2.40. The molecule has 1 atom stereocenters. The van der Waals surface area contributed by atoms with Gasteiger partial charge in [-0.1, -0.05) is 39.0 Å². The summed E-state index contributed by atoms with van der Waals surface area (Å²) in [5, 5.41) is 14.1. The summed E-state index contributed by atoms with van der Waals surface area (Å²) in [7, 11) is 0. The second kappa shape index (κ2) is 10.2. The number of rotatable bonds is 10. The Bertz CT molecular complexity index is 378. The van der Waals surface area contributed by atoms with E-state index in [4.69, 9.17) is 5.11 Å². The number of aliphatic carboxylic acids is 1. The number of carboxylic acids is 1. The lowest BCUT2D eigenvalue weighted by Gasteiger charge is -2.13. The summed E-state index contributed by atoms with van der Waals surface area (Å²) in [6, 6.07) is 0. The molecule has 0 spiro atoms. The van der Waals surface area contributed by atoms with E-state index in [1.807, 2.05) is 6.92 Å². The molecule has 0 saturated heterocycles. The third-order valence-electron chi connectivity index (χ3n) is 4.23. The molecule has 3 N–H and O–H groups in total. The van der Waals surface area contributed by atoms with Crippen molar-refractivity contribution >= 4 is 17.8 Å². The Labute approximate surface area is 132 Å². The van der Waals surface area contributed by atoms with Crippen molar-refractivity contribution < 1.29 is 19.5 Å². The molecule has 0 aromatic carbocycles. The highest BCUT2D eigenvalue weighted by atomic mass is 16.4. The van der Waals surface area contributed by atoms with Crippen LogP contribution in [0.4, 0.5) is 0 Å². The Hall–Kier alpha value is -1.59. The Morgan fingerprint density at radius 3 is 2.41 bits per heavy atom. The molecule has 6 nitrogen and oxygen atoms in total. The quantitative estimate of drug-likeness (QED) is 0.572. The lowest BCUT2D eigenvalue weighted by molar-refractivity contribution is -0.142. The fourth-order valence-corrected chi connectivity index (χ4v) is 2.86. The van der Waals surface area contributed by atoms with Gasteiger partial charge in [-0.3, -0.25) is 14.4 Å². The first-order valence-corrected chi connectivity index (χ1v) is 8.29. The molecule has 0 radical (unpaired) electrons. The molecule has 1 unspecified atom stereocenters. The van der Waals surface area contributed by atoms with E-state index in [9.17, 15) is 14.4 Å². The summed E-state index contributed by atoms with van der Waals surface area (Å²) in [6.45, 7) is 1.93. The minimum Gasteiger partial charge on any atom is -0.481 e. The molecule has 1 aliphatic rings. The number of hydrogen-bond donors (Lipinski definition) is 3. The summed E-state index contributed by atoms with van der Waals surface area (Å²) in [5.74, 6) is -1.25. The van der Waals surface area contributed by atoms with Gasteiger partial charge in [-0.2, -0.15) is 0 Å². The maximum atomic E-state index is 11.7. The normalized spacial score (nSPS) is 16.2. The van der Waals surface area contributed by atoms with Gasteiger partial charge >= 0.3 is 5.97 Å². The van der Waals surface area contributed by atoms with Crippen LogP contribution in [0, 0.1) is 11.8 Å². The maximum Gasteiger partial charge on any atom is 0.308 e. The second-order valence-corrected chi connectivity index (χ2v) is 6.09. The Balaban J connectivity index is 2.13. The molecule has 0 aliphatic heterocycles.